The van der Waals surface area contributed by atoms with Crippen molar-refractivity contribution in [2.24, 2.45) is 0 Å². The first-order valence-electron chi connectivity index (χ1n) is 10.3. The van der Waals surface area contributed by atoms with Crippen molar-refractivity contribution in [3.8, 4) is 28.5 Å². The average molecular weight is 420 g/mol. The Morgan fingerprint density at radius 2 is 1.73 bits per heavy atom. The lowest BCUT2D eigenvalue weighted by molar-refractivity contribution is 0.307. The molecule has 2 aromatic carbocycles. The van der Waals surface area contributed by atoms with Gasteiger partial charge < -0.3 is 4.90 Å². The van der Waals surface area contributed by atoms with E-state index in [-0.39, 0.29) is 5.82 Å². The van der Waals surface area contributed by atoms with Gasteiger partial charge in [0, 0.05) is 23.4 Å². The highest BCUT2D eigenvalue weighted by Gasteiger charge is 2.16. The molecule has 5 heteroatoms. The van der Waals surface area contributed by atoms with Crippen LogP contribution < -0.4 is 0 Å². The number of thioether (sulfide) groups is 1. The molecule has 0 aliphatic heterocycles. The van der Waals surface area contributed by atoms with Crippen molar-refractivity contribution >= 4 is 11.8 Å². The minimum Gasteiger partial charge on any atom is -0.303 e. The van der Waals surface area contributed by atoms with Crippen molar-refractivity contribution in [1.82, 2.24) is 9.88 Å². The highest BCUT2D eigenvalue weighted by atomic mass is 32.2. The number of hydrogen-bond acceptors (Lipinski definition) is 4. The van der Waals surface area contributed by atoms with E-state index in [0.717, 1.165) is 59.2 Å². The van der Waals surface area contributed by atoms with Crippen LogP contribution in [0, 0.1) is 17.1 Å². The van der Waals surface area contributed by atoms with Crippen LogP contribution in [0.3, 0.4) is 0 Å². The van der Waals surface area contributed by atoms with E-state index in [4.69, 9.17) is 4.98 Å². The Balaban J connectivity index is 2.00. The molecule has 0 aliphatic carbocycles. The van der Waals surface area contributed by atoms with Gasteiger partial charge in [-0.25, -0.2) is 9.37 Å². The van der Waals surface area contributed by atoms with E-state index < -0.39 is 0 Å². The molecule has 1 heterocycles. The van der Waals surface area contributed by atoms with Gasteiger partial charge in [-0.2, -0.15) is 5.26 Å². The molecule has 0 radical (unpaired) electrons. The van der Waals surface area contributed by atoms with Crippen LogP contribution in [-0.4, -0.2) is 35.3 Å². The molecule has 30 heavy (non-hydrogen) atoms. The molecule has 1 aromatic heterocycles. The topological polar surface area (TPSA) is 39.9 Å². The molecule has 0 saturated heterocycles. The van der Waals surface area contributed by atoms with Crippen molar-refractivity contribution in [2.75, 3.05) is 25.4 Å². The second kappa shape index (κ2) is 10.9. The fourth-order valence-electron chi connectivity index (χ4n) is 3.36. The van der Waals surface area contributed by atoms with Gasteiger partial charge in [0.15, 0.2) is 0 Å². The van der Waals surface area contributed by atoms with Crippen LogP contribution in [-0.2, 0) is 0 Å². The number of pyridine rings is 1. The molecule has 0 amide bonds. The normalized spacial score (nSPS) is 10.9. The first-order chi connectivity index (χ1) is 14.7. The second-order valence-corrected chi connectivity index (χ2v) is 8.09. The van der Waals surface area contributed by atoms with Crippen LogP contribution in [0.2, 0.25) is 0 Å². The van der Waals surface area contributed by atoms with Gasteiger partial charge in [-0.3, -0.25) is 0 Å². The molecule has 0 unspecified atom stereocenters. The largest absolute Gasteiger partial charge is 0.303 e. The van der Waals surface area contributed by atoms with Gasteiger partial charge in [-0.05, 0) is 43.3 Å². The zero-order valence-corrected chi connectivity index (χ0v) is 18.3. The quantitative estimate of drug-likeness (QED) is 0.384. The van der Waals surface area contributed by atoms with E-state index in [0.29, 0.717) is 5.56 Å². The monoisotopic (exact) mass is 419 g/mol. The number of hydrogen-bond donors (Lipinski definition) is 0. The van der Waals surface area contributed by atoms with Crippen molar-refractivity contribution in [3.63, 3.8) is 0 Å². The lowest BCUT2D eigenvalue weighted by Gasteiger charge is -2.19. The Morgan fingerprint density at radius 3 is 2.37 bits per heavy atom. The maximum absolute atomic E-state index is 13.5. The van der Waals surface area contributed by atoms with Crippen LogP contribution in [0.25, 0.3) is 22.4 Å². The average Bonchev–Trinajstić information content (AvgIpc) is 2.79. The van der Waals surface area contributed by atoms with Crippen LogP contribution in [0.5, 0.6) is 0 Å². The summed E-state index contributed by atoms with van der Waals surface area (Å²) in [6, 6.07) is 20.5. The Labute approximate surface area is 182 Å². The molecule has 0 aliphatic rings. The van der Waals surface area contributed by atoms with Gasteiger partial charge in [-0.1, -0.05) is 56.3 Å². The first-order valence-corrected chi connectivity index (χ1v) is 11.3. The van der Waals surface area contributed by atoms with Gasteiger partial charge in [0.2, 0.25) is 0 Å². The van der Waals surface area contributed by atoms with Crippen LogP contribution in [0.4, 0.5) is 4.39 Å². The first kappa shape index (κ1) is 22.0. The second-order valence-electron chi connectivity index (χ2n) is 7.00. The maximum atomic E-state index is 13.5. The molecule has 0 fully saturated rings. The van der Waals surface area contributed by atoms with Gasteiger partial charge in [0.25, 0.3) is 0 Å². The molecule has 3 aromatic rings. The minimum atomic E-state index is -0.292. The maximum Gasteiger partial charge on any atom is 0.123 e. The molecule has 0 saturated carbocycles. The Kier molecular flexibility index (Phi) is 8.01. The standard InChI is InChI=1S/C25H26FN3S/c1-3-14-29(4-2)15-16-30-25-23(18-27)22(19-10-12-21(26)13-11-19)17-24(28-25)20-8-6-5-7-9-20/h5-13,17H,3-4,14-16H2,1-2H3. The van der Waals surface area contributed by atoms with Crippen molar-refractivity contribution in [2.45, 2.75) is 25.3 Å². The SMILES string of the molecule is CCCN(CC)CCSc1nc(-c2ccccc2)cc(-c2ccc(F)cc2)c1C#N. The molecule has 154 valence electrons. The van der Waals surface area contributed by atoms with E-state index in [1.54, 1.807) is 23.9 Å². The van der Waals surface area contributed by atoms with Gasteiger partial charge in [0.05, 0.1) is 11.3 Å². The van der Waals surface area contributed by atoms with E-state index >= 15 is 0 Å². The van der Waals surface area contributed by atoms with Gasteiger partial charge in [0.1, 0.15) is 16.9 Å². The lowest BCUT2D eigenvalue weighted by Crippen LogP contribution is -2.26. The van der Waals surface area contributed by atoms with Crippen LogP contribution in [0.15, 0.2) is 65.7 Å². The minimum absolute atomic E-state index is 0.292. The number of nitrogens with zero attached hydrogens (tertiary/aromatic N) is 3. The molecule has 0 spiro atoms. The summed E-state index contributed by atoms with van der Waals surface area (Å²) in [5.41, 5.74) is 3.96. The lowest BCUT2D eigenvalue weighted by atomic mass is 9.99. The van der Waals surface area contributed by atoms with Gasteiger partial charge in [-0.15, -0.1) is 11.8 Å². The summed E-state index contributed by atoms with van der Waals surface area (Å²) in [4.78, 5) is 7.24. The summed E-state index contributed by atoms with van der Waals surface area (Å²) in [5.74, 6) is 0.566. The summed E-state index contributed by atoms with van der Waals surface area (Å²) in [7, 11) is 0. The third-order valence-electron chi connectivity index (χ3n) is 4.96. The highest BCUT2D eigenvalue weighted by Crippen LogP contribution is 2.34. The van der Waals surface area contributed by atoms with Gasteiger partial charge >= 0.3 is 0 Å². The fraction of sp³-hybridized carbons (Fsp3) is 0.280. The zero-order chi connectivity index (χ0) is 21.3. The molecule has 0 atom stereocenters. The number of halogens is 1. The third-order valence-corrected chi connectivity index (χ3v) is 5.91. The predicted molar refractivity (Wildman–Crippen MR) is 123 cm³/mol. The number of rotatable bonds is 9. The summed E-state index contributed by atoms with van der Waals surface area (Å²) in [6.07, 6.45) is 1.12. The van der Waals surface area contributed by atoms with Crippen molar-refractivity contribution in [3.05, 3.63) is 72.0 Å². The van der Waals surface area contributed by atoms with Crippen molar-refractivity contribution < 1.29 is 4.39 Å². The van der Waals surface area contributed by atoms with Crippen molar-refractivity contribution in [1.29, 1.82) is 5.26 Å². The predicted octanol–water partition coefficient (Wildman–Crippen LogP) is 6.25. The summed E-state index contributed by atoms with van der Waals surface area (Å²) < 4.78 is 13.5. The van der Waals surface area contributed by atoms with E-state index in [2.05, 4.69) is 24.8 Å². The van der Waals surface area contributed by atoms with Crippen LogP contribution in [0.1, 0.15) is 25.8 Å². The molecular weight excluding hydrogens is 393 g/mol. The summed E-state index contributed by atoms with van der Waals surface area (Å²) in [6.45, 7) is 7.38. The van der Waals surface area contributed by atoms with E-state index in [1.807, 2.05) is 36.4 Å². The number of aromatic nitrogens is 1. The van der Waals surface area contributed by atoms with E-state index in [1.165, 1.54) is 12.1 Å². The Hall–Kier alpha value is -2.68. The summed E-state index contributed by atoms with van der Waals surface area (Å²) in [5, 5.41) is 10.7. The van der Waals surface area contributed by atoms with E-state index in [9.17, 15) is 9.65 Å². The molecular formula is C25H26FN3S. The molecule has 3 nitrogen and oxygen atoms in total. The Morgan fingerprint density at radius 1 is 1.00 bits per heavy atom. The zero-order valence-electron chi connectivity index (χ0n) is 17.4. The smallest absolute Gasteiger partial charge is 0.123 e. The highest BCUT2D eigenvalue weighted by molar-refractivity contribution is 7.99. The molecule has 3 rings (SSSR count). The fourth-order valence-corrected chi connectivity index (χ4v) is 4.37. The Bertz CT molecular complexity index is 997. The summed E-state index contributed by atoms with van der Waals surface area (Å²) >= 11 is 1.61. The third kappa shape index (κ3) is 5.47. The molecule has 0 bridgehead atoms. The number of nitriles is 1. The number of benzene rings is 2. The molecule has 0 N–H and O–H groups in total. The van der Waals surface area contributed by atoms with Crippen LogP contribution >= 0.6 is 11.8 Å².